The second-order valence-electron chi connectivity index (χ2n) is 9.24. The average Bonchev–Trinajstić information content (AvgIpc) is 3.54. The van der Waals surface area contributed by atoms with E-state index in [0.717, 1.165) is 63.1 Å². The second-order valence-corrected chi connectivity index (χ2v) is 10.1. The maximum atomic E-state index is 9.59. The molecule has 4 N–H and O–H groups in total. The number of nitrogens with one attached hydrogen (secondary N) is 1. The van der Waals surface area contributed by atoms with Crippen molar-refractivity contribution in [3.63, 3.8) is 0 Å². The molecular weight excluding hydrogens is 476 g/mol. The minimum Gasteiger partial charge on any atom is -0.395 e. The molecule has 0 bridgehead atoms. The lowest BCUT2D eigenvalue weighted by Gasteiger charge is -2.23. The number of benzene rings is 1. The van der Waals surface area contributed by atoms with Crippen molar-refractivity contribution in [2.24, 2.45) is 0 Å². The van der Waals surface area contributed by atoms with Gasteiger partial charge in [-0.05, 0) is 24.8 Å². The van der Waals surface area contributed by atoms with E-state index >= 15 is 0 Å². The number of hydrogen-bond acceptors (Lipinski definition) is 10. The maximum Gasteiger partial charge on any atom is 0.222 e. The summed E-state index contributed by atoms with van der Waals surface area (Å²) in [5.74, 6) is 0.879. The van der Waals surface area contributed by atoms with Gasteiger partial charge in [-0.15, -0.1) is 11.3 Å². The third-order valence-corrected chi connectivity index (χ3v) is 7.49. The van der Waals surface area contributed by atoms with Crippen LogP contribution >= 0.6 is 11.3 Å². The zero-order chi connectivity index (χ0) is 24.9. The molecule has 0 amide bonds. The van der Waals surface area contributed by atoms with Crippen LogP contribution in [0.4, 0.5) is 11.8 Å². The Balaban J connectivity index is 1.40. The fourth-order valence-electron chi connectivity index (χ4n) is 4.71. The SMILES string of the molecule is CCCCN(CCO)c1nc(N)nc2cn(Cc3ccc(CNC4CCCOC4)c4scnc34)nc12. The molecule has 1 aliphatic rings. The van der Waals surface area contributed by atoms with E-state index in [9.17, 15) is 5.11 Å². The fraction of sp³-hybridized carbons (Fsp3) is 0.520. The van der Waals surface area contributed by atoms with Gasteiger partial charge in [0.25, 0.3) is 0 Å². The standard InChI is InChI=1S/C25H34N8O2S/c1-2-3-8-32(9-10-34)24-22-20(29-25(26)30-24)14-33(31-22)13-18-7-6-17(23-21(18)28-16-36-23)12-27-19-5-4-11-35-15-19/h6-7,14,16,19,27,34H,2-5,8-13,15H2,1H3,(H2,26,29). The molecule has 1 saturated heterocycles. The van der Waals surface area contributed by atoms with E-state index in [2.05, 4.69) is 39.3 Å². The third-order valence-electron chi connectivity index (χ3n) is 6.58. The van der Waals surface area contributed by atoms with Gasteiger partial charge in [0.15, 0.2) is 11.3 Å². The minimum absolute atomic E-state index is 0.0343. The number of nitrogen functional groups attached to an aromatic ring is 1. The number of nitrogens with two attached hydrogens (primary N) is 1. The summed E-state index contributed by atoms with van der Waals surface area (Å²) in [6.45, 7) is 6.43. The number of aromatic nitrogens is 5. The Morgan fingerprint density at radius 2 is 2.14 bits per heavy atom. The largest absolute Gasteiger partial charge is 0.395 e. The summed E-state index contributed by atoms with van der Waals surface area (Å²) in [5, 5.41) is 18.1. The smallest absolute Gasteiger partial charge is 0.222 e. The van der Waals surface area contributed by atoms with E-state index in [1.807, 2.05) is 21.3 Å². The van der Waals surface area contributed by atoms with Gasteiger partial charge >= 0.3 is 0 Å². The highest BCUT2D eigenvalue weighted by molar-refractivity contribution is 7.17. The van der Waals surface area contributed by atoms with E-state index in [4.69, 9.17) is 15.6 Å². The van der Waals surface area contributed by atoms with Crippen LogP contribution in [0.3, 0.4) is 0 Å². The molecule has 4 heterocycles. The number of anilines is 2. The molecule has 3 aromatic heterocycles. The first-order valence-electron chi connectivity index (χ1n) is 12.7. The molecule has 4 aromatic rings. The van der Waals surface area contributed by atoms with Crippen LogP contribution in [0.5, 0.6) is 0 Å². The first-order chi connectivity index (χ1) is 17.7. The van der Waals surface area contributed by atoms with E-state index in [0.29, 0.717) is 36.0 Å². The molecule has 1 aliphatic heterocycles. The van der Waals surface area contributed by atoms with Crippen molar-refractivity contribution in [3.05, 3.63) is 35.0 Å². The molecule has 1 unspecified atom stereocenters. The highest BCUT2D eigenvalue weighted by Gasteiger charge is 2.19. The Morgan fingerprint density at radius 1 is 1.25 bits per heavy atom. The number of nitrogens with zero attached hydrogens (tertiary/aromatic N) is 6. The number of rotatable bonds is 11. The Labute approximate surface area is 214 Å². The maximum absolute atomic E-state index is 9.59. The quantitative estimate of drug-likeness (QED) is 0.279. The summed E-state index contributed by atoms with van der Waals surface area (Å²) in [4.78, 5) is 15.6. The Hall–Kier alpha value is -2.86. The molecule has 11 heteroatoms. The average molecular weight is 511 g/mol. The Kier molecular flexibility index (Phi) is 7.90. The summed E-state index contributed by atoms with van der Waals surface area (Å²) in [5.41, 5.74) is 12.7. The molecule has 0 aliphatic carbocycles. The van der Waals surface area contributed by atoms with Crippen LogP contribution in [0.2, 0.25) is 0 Å². The molecule has 36 heavy (non-hydrogen) atoms. The molecular formula is C25H34N8O2S. The van der Waals surface area contributed by atoms with Crippen molar-refractivity contribution < 1.29 is 9.84 Å². The predicted octanol–water partition coefficient (Wildman–Crippen LogP) is 2.93. The molecule has 0 spiro atoms. The van der Waals surface area contributed by atoms with Gasteiger partial charge in [-0.1, -0.05) is 25.5 Å². The highest BCUT2D eigenvalue weighted by Crippen LogP contribution is 2.28. The minimum atomic E-state index is 0.0343. The first kappa shape index (κ1) is 24.8. The number of aliphatic hydroxyl groups is 1. The highest BCUT2D eigenvalue weighted by atomic mass is 32.1. The van der Waals surface area contributed by atoms with Gasteiger partial charge in [-0.3, -0.25) is 4.68 Å². The van der Waals surface area contributed by atoms with Crippen LogP contribution < -0.4 is 16.0 Å². The Bertz CT molecular complexity index is 1300. The zero-order valence-corrected chi connectivity index (χ0v) is 21.5. The first-order valence-corrected chi connectivity index (χ1v) is 13.6. The topological polar surface area (TPSA) is 127 Å². The summed E-state index contributed by atoms with van der Waals surface area (Å²) in [6, 6.07) is 4.74. The van der Waals surface area contributed by atoms with Gasteiger partial charge < -0.3 is 25.8 Å². The van der Waals surface area contributed by atoms with E-state index in [1.165, 1.54) is 10.3 Å². The monoisotopic (exact) mass is 510 g/mol. The van der Waals surface area contributed by atoms with Gasteiger partial charge in [0, 0.05) is 37.8 Å². The fourth-order valence-corrected chi connectivity index (χ4v) is 5.56. The van der Waals surface area contributed by atoms with Gasteiger partial charge in [0.1, 0.15) is 5.52 Å². The number of ether oxygens (including phenoxy) is 1. The molecule has 10 nitrogen and oxygen atoms in total. The lowest BCUT2D eigenvalue weighted by molar-refractivity contribution is 0.0700. The zero-order valence-electron chi connectivity index (χ0n) is 20.7. The molecule has 1 aromatic carbocycles. The Morgan fingerprint density at radius 3 is 2.94 bits per heavy atom. The third kappa shape index (κ3) is 5.44. The number of unbranched alkanes of at least 4 members (excludes halogenated alkanes) is 1. The predicted molar refractivity (Wildman–Crippen MR) is 143 cm³/mol. The second kappa shape index (κ2) is 11.5. The van der Waals surface area contributed by atoms with E-state index in [-0.39, 0.29) is 12.6 Å². The molecule has 192 valence electrons. The van der Waals surface area contributed by atoms with Crippen molar-refractivity contribution >= 4 is 44.4 Å². The number of hydrogen-bond donors (Lipinski definition) is 3. The van der Waals surface area contributed by atoms with Crippen LogP contribution in [0.15, 0.2) is 23.8 Å². The number of thiazole rings is 1. The number of fused-ring (bicyclic) bond motifs is 2. The van der Waals surface area contributed by atoms with Gasteiger partial charge in [-0.2, -0.15) is 10.1 Å². The van der Waals surface area contributed by atoms with Crippen LogP contribution in [-0.4, -0.2) is 68.8 Å². The van der Waals surface area contributed by atoms with Crippen molar-refractivity contribution in [3.8, 4) is 0 Å². The van der Waals surface area contributed by atoms with E-state index < -0.39 is 0 Å². The normalized spacial score (nSPS) is 16.2. The summed E-state index contributed by atoms with van der Waals surface area (Å²) in [6.07, 6.45) is 6.20. The van der Waals surface area contributed by atoms with Crippen molar-refractivity contribution in [1.82, 2.24) is 30.0 Å². The summed E-state index contributed by atoms with van der Waals surface area (Å²) < 4.78 is 8.68. The van der Waals surface area contributed by atoms with Crippen molar-refractivity contribution in [2.75, 3.05) is 43.5 Å². The molecule has 0 saturated carbocycles. The van der Waals surface area contributed by atoms with Crippen molar-refractivity contribution in [2.45, 2.75) is 51.7 Å². The summed E-state index contributed by atoms with van der Waals surface area (Å²) >= 11 is 1.67. The van der Waals surface area contributed by atoms with Crippen molar-refractivity contribution in [1.29, 1.82) is 0 Å². The number of aliphatic hydroxyl groups excluding tert-OH is 1. The van der Waals surface area contributed by atoms with Crippen LogP contribution in [0.25, 0.3) is 21.3 Å². The van der Waals surface area contributed by atoms with E-state index in [1.54, 1.807) is 11.3 Å². The molecule has 5 rings (SSSR count). The van der Waals surface area contributed by atoms with Gasteiger partial charge in [-0.25, -0.2) is 9.97 Å². The molecule has 1 fully saturated rings. The van der Waals surface area contributed by atoms with Gasteiger partial charge in [0.05, 0.1) is 41.7 Å². The lowest BCUT2D eigenvalue weighted by atomic mass is 10.1. The summed E-state index contributed by atoms with van der Waals surface area (Å²) in [7, 11) is 0. The molecule has 0 radical (unpaired) electrons. The lowest BCUT2D eigenvalue weighted by Crippen LogP contribution is -2.36. The van der Waals surface area contributed by atoms with Crippen LogP contribution in [-0.2, 0) is 17.8 Å². The van der Waals surface area contributed by atoms with Gasteiger partial charge in [0.2, 0.25) is 5.95 Å². The van der Waals surface area contributed by atoms with Crippen LogP contribution in [0.1, 0.15) is 43.7 Å². The van der Waals surface area contributed by atoms with Crippen LogP contribution in [0, 0.1) is 0 Å². The molecule has 1 atom stereocenters.